The van der Waals surface area contributed by atoms with E-state index in [0.717, 1.165) is 16.7 Å². The van der Waals surface area contributed by atoms with Gasteiger partial charge < -0.3 is 15.7 Å². The van der Waals surface area contributed by atoms with Crippen molar-refractivity contribution in [1.82, 2.24) is 10.6 Å². The molecule has 0 saturated carbocycles. The number of hydrogen-bond donors (Lipinski definition) is 3. The molecule has 0 aromatic heterocycles. The number of amides is 1. The molecule has 0 aliphatic rings. The third-order valence-electron chi connectivity index (χ3n) is 7.09. The van der Waals surface area contributed by atoms with Gasteiger partial charge in [0.05, 0.1) is 18.1 Å². The van der Waals surface area contributed by atoms with Crippen molar-refractivity contribution in [3.8, 4) is 0 Å². The molecule has 3 N–H and O–H groups in total. The van der Waals surface area contributed by atoms with Crippen molar-refractivity contribution in [2.45, 2.75) is 57.2 Å². The standard InChI is InChI=1S/C35H40N2O2/c1-35(2,3)30-21-13-16-27(22-30)24-36-25-32(38)31(23-26-14-7-4-8-15-26)37-34(39)33(28-17-9-5-10-18-28)29-19-11-6-12-20-29/h4-22,31-33,36,38H,23-25H2,1-3H3,(H,37,39)/t31-,32+/m0/s1. The number of aliphatic hydroxyl groups is 1. The van der Waals surface area contributed by atoms with Crippen LogP contribution in [0, 0.1) is 0 Å². The highest BCUT2D eigenvalue weighted by atomic mass is 16.3. The highest BCUT2D eigenvalue weighted by Gasteiger charge is 2.28. The summed E-state index contributed by atoms with van der Waals surface area (Å²) in [5.41, 5.74) is 5.44. The molecule has 0 bridgehead atoms. The first-order valence-electron chi connectivity index (χ1n) is 13.7. The van der Waals surface area contributed by atoms with E-state index in [1.807, 2.05) is 91.0 Å². The Hall–Kier alpha value is -3.73. The second-order valence-electron chi connectivity index (χ2n) is 11.2. The molecule has 39 heavy (non-hydrogen) atoms. The Balaban J connectivity index is 1.50. The Morgan fingerprint density at radius 3 is 1.85 bits per heavy atom. The molecule has 4 aromatic carbocycles. The summed E-state index contributed by atoms with van der Waals surface area (Å²) in [5.74, 6) is -0.587. The Morgan fingerprint density at radius 2 is 1.28 bits per heavy atom. The molecule has 0 radical (unpaired) electrons. The molecule has 0 aliphatic heterocycles. The maximum absolute atomic E-state index is 13.8. The molecule has 4 aromatic rings. The molecule has 4 heteroatoms. The SMILES string of the molecule is CC(C)(C)c1cccc(CNC[C@@H](O)[C@H](Cc2ccccc2)NC(=O)C(c2ccccc2)c2ccccc2)c1. The minimum absolute atomic E-state index is 0.0780. The van der Waals surface area contributed by atoms with E-state index < -0.39 is 18.1 Å². The average molecular weight is 521 g/mol. The molecule has 1 amide bonds. The second kappa shape index (κ2) is 13.4. The van der Waals surface area contributed by atoms with Crippen LogP contribution in [-0.4, -0.2) is 29.7 Å². The molecule has 202 valence electrons. The maximum Gasteiger partial charge on any atom is 0.232 e. The fourth-order valence-electron chi connectivity index (χ4n) is 4.86. The van der Waals surface area contributed by atoms with Gasteiger partial charge >= 0.3 is 0 Å². The Morgan fingerprint density at radius 1 is 0.744 bits per heavy atom. The van der Waals surface area contributed by atoms with E-state index in [0.29, 0.717) is 19.5 Å². The van der Waals surface area contributed by atoms with Gasteiger partial charge in [-0.3, -0.25) is 4.79 Å². The van der Waals surface area contributed by atoms with Gasteiger partial charge in [0.2, 0.25) is 5.91 Å². The quantitative estimate of drug-likeness (QED) is 0.228. The number of hydrogen-bond acceptors (Lipinski definition) is 3. The van der Waals surface area contributed by atoms with Gasteiger partial charge in [0.1, 0.15) is 0 Å². The molecule has 4 rings (SSSR count). The Kier molecular flexibility index (Phi) is 9.69. The monoisotopic (exact) mass is 520 g/mol. The lowest BCUT2D eigenvalue weighted by Crippen LogP contribution is -2.50. The second-order valence-corrected chi connectivity index (χ2v) is 11.2. The zero-order valence-corrected chi connectivity index (χ0v) is 23.2. The van der Waals surface area contributed by atoms with Gasteiger partial charge in [-0.15, -0.1) is 0 Å². The van der Waals surface area contributed by atoms with E-state index in [1.54, 1.807) is 0 Å². The van der Waals surface area contributed by atoms with E-state index in [1.165, 1.54) is 11.1 Å². The topological polar surface area (TPSA) is 61.4 Å². The summed E-state index contributed by atoms with van der Waals surface area (Å²) in [4.78, 5) is 13.8. The van der Waals surface area contributed by atoms with Crippen molar-refractivity contribution < 1.29 is 9.90 Å². The van der Waals surface area contributed by atoms with Gasteiger partial charge in [-0.25, -0.2) is 0 Å². The van der Waals surface area contributed by atoms with Crippen molar-refractivity contribution >= 4 is 5.91 Å². The first-order valence-corrected chi connectivity index (χ1v) is 13.7. The smallest absolute Gasteiger partial charge is 0.232 e. The first-order chi connectivity index (χ1) is 18.8. The van der Waals surface area contributed by atoms with Gasteiger partial charge in [0.15, 0.2) is 0 Å². The van der Waals surface area contributed by atoms with Gasteiger partial charge in [0, 0.05) is 13.1 Å². The number of carbonyl (C=O) groups is 1. The summed E-state index contributed by atoms with van der Waals surface area (Å²) in [7, 11) is 0. The van der Waals surface area contributed by atoms with Crippen LogP contribution in [0.4, 0.5) is 0 Å². The molecule has 4 nitrogen and oxygen atoms in total. The maximum atomic E-state index is 13.8. The molecule has 0 spiro atoms. The van der Waals surface area contributed by atoms with Crippen LogP contribution in [0.5, 0.6) is 0 Å². The van der Waals surface area contributed by atoms with Crippen molar-refractivity contribution in [2.24, 2.45) is 0 Å². The molecule has 0 aliphatic carbocycles. The van der Waals surface area contributed by atoms with Crippen LogP contribution in [0.2, 0.25) is 0 Å². The largest absolute Gasteiger partial charge is 0.390 e. The third kappa shape index (κ3) is 8.13. The van der Waals surface area contributed by atoms with Crippen LogP contribution in [-0.2, 0) is 23.2 Å². The number of rotatable bonds is 11. The summed E-state index contributed by atoms with van der Waals surface area (Å²) in [6.45, 7) is 7.62. The lowest BCUT2D eigenvalue weighted by Gasteiger charge is -2.27. The van der Waals surface area contributed by atoms with Crippen LogP contribution < -0.4 is 10.6 Å². The third-order valence-corrected chi connectivity index (χ3v) is 7.09. The molecular formula is C35H40N2O2. The summed E-state index contributed by atoms with van der Waals surface area (Å²) in [5, 5.41) is 17.9. The van der Waals surface area contributed by atoms with Crippen LogP contribution >= 0.6 is 0 Å². The summed E-state index contributed by atoms with van der Waals surface area (Å²) >= 11 is 0. The number of carbonyl (C=O) groups excluding carboxylic acids is 1. The normalized spacial score (nSPS) is 13.2. The van der Waals surface area contributed by atoms with E-state index in [9.17, 15) is 9.90 Å². The van der Waals surface area contributed by atoms with Gasteiger partial charge in [-0.05, 0) is 39.7 Å². The molecule has 0 saturated heterocycles. The van der Waals surface area contributed by atoms with E-state index in [-0.39, 0.29) is 11.3 Å². The van der Waals surface area contributed by atoms with E-state index >= 15 is 0 Å². The van der Waals surface area contributed by atoms with Crippen molar-refractivity contribution in [3.05, 3.63) is 143 Å². The van der Waals surface area contributed by atoms with Gasteiger partial charge in [-0.1, -0.05) is 136 Å². The van der Waals surface area contributed by atoms with E-state index in [4.69, 9.17) is 0 Å². The average Bonchev–Trinajstić information content (AvgIpc) is 2.94. The number of aliphatic hydroxyl groups excluding tert-OH is 1. The fraction of sp³-hybridized carbons (Fsp3) is 0.286. The predicted octanol–water partition coefficient (Wildman–Crippen LogP) is 5.99. The Bertz CT molecular complexity index is 1260. The Labute approximate surface area is 233 Å². The molecule has 2 atom stereocenters. The number of benzene rings is 4. The molecular weight excluding hydrogens is 480 g/mol. The van der Waals surface area contributed by atoms with Crippen molar-refractivity contribution in [1.29, 1.82) is 0 Å². The van der Waals surface area contributed by atoms with Crippen LogP contribution in [0.25, 0.3) is 0 Å². The highest BCUT2D eigenvalue weighted by Crippen LogP contribution is 2.26. The van der Waals surface area contributed by atoms with Gasteiger partial charge in [-0.2, -0.15) is 0 Å². The minimum Gasteiger partial charge on any atom is -0.390 e. The van der Waals surface area contributed by atoms with Crippen LogP contribution in [0.15, 0.2) is 115 Å². The lowest BCUT2D eigenvalue weighted by atomic mass is 9.86. The minimum atomic E-state index is -0.771. The van der Waals surface area contributed by atoms with Crippen molar-refractivity contribution in [3.63, 3.8) is 0 Å². The fourth-order valence-corrected chi connectivity index (χ4v) is 4.86. The van der Waals surface area contributed by atoms with E-state index in [2.05, 4.69) is 55.7 Å². The summed E-state index contributed by atoms with van der Waals surface area (Å²) < 4.78 is 0. The molecule has 0 unspecified atom stereocenters. The van der Waals surface area contributed by atoms with Crippen LogP contribution in [0.3, 0.4) is 0 Å². The predicted molar refractivity (Wildman–Crippen MR) is 160 cm³/mol. The number of nitrogens with one attached hydrogen (secondary N) is 2. The summed E-state index contributed by atoms with van der Waals surface area (Å²) in [6.07, 6.45) is -0.238. The highest BCUT2D eigenvalue weighted by molar-refractivity contribution is 5.87. The summed E-state index contributed by atoms with van der Waals surface area (Å²) in [6, 6.07) is 37.7. The van der Waals surface area contributed by atoms with Crippen LogP contribution in [0.1, 0.15) is 54.5 Å². The molecule has 0 fully saturated rings. The first kappa shape index (κ1) is 28.3. The van der Waals surface area contributed by atoms with Gasteiger partial charge in [0.25, 0.3) is 0 Å². The van der Waals surface area contributed by atoms with Crippen molar-refractivity contribution in [2.75, 3.05) is 6.54 Å². The zero-order chi connectivity index (χ0) is 27.7. The lowest BCUT2D eigenvalue weighted by molar-refractivity contribution is -0.123. The molecule has 0 heterocycles. The zero-order valence-electron chi connectivity index (χ0n) is 23.2.